The van der Waals surface area contributed by atoms with E-state index in [-0.39, 0.29) is 6.61 Å². The molecule has 0 aliphatic heterocycles. The second kappa shape index (κ2) is 6.51. The van der Waals surface area contributed by atoms with Gasteiger partial charge in [-0.2, -0.15) is 0 Å². The van der Waals surface area contributed by atoms with Gasteiger partial charge in [-0.3, -0.25) is 0 Å². The van der Waals surface area contributed by atoms with E-state index in [2.05, 4.69) is 6.92 Å². The van der Waals surface area contributed by atoms with Gasteiger partial charge in [0, 0.05) is 12.2 Å². The van der Waals surface area contributed by atoms with E-state index in [1.54, 1.807) is 7.11 Å². The molecular formula is C13H20O3. The molecule has 0 saturated carbocycles. The lowest BCUT2D eigenvalue weighted by atomic mass is 10.0. The van der Waals surface area contributed by atoms with Crippen molar-refractivity contribution in [1.29, 1.82) is 0 Å². The Hall–Kier alpha value is -1.06. The molecular weight excluding hydrogens is 204 g/mol. The summed E-state index contributed by atoms with van der Waals surface area (Å²) in [6, 6.07) is 5.86. The molecule has 3 heteroatoms. The van der Waals surface area contributed by atoms with Crippen LogP contribution in [-0.4, -0.2) is 23.9 Å². The van der Waals surface area contributed by atoms with Gasteiger partial charge in [-0.05, 0) is 37.0 Å². The fourth-order valence-electron chi connectivity index (χ4n) is 1.70. The van der Waals surface area contributed by atoms with Gasteiger partial charge >= 0.3 is 0 Å². The second-order valence-electron chi connectivity index (χ2n) is 3.81. The van der Waals surface area contributed by atoms with Crippen molar-refractivity contribution in [2.75, 3.05) is 13.7 Å². The summed E-state index contributed by atoms with van der Waals surface area (Å²) in [5.41, 5.74) is 1.99. The SMILES string of the molecule is CCc1ccc(OC)c(C(O)CCCO)c1. The lowest BCUT2D eigenvalue weighted by Crippen LogP contribution is -2.02. The average molecular weight is 224 g/mol. The molecule has 90 valence electrons. The zero-order valence-electron chi connectivity index (χ0n) is 9.94. The number of aryl methyl sites for hydroxylation is 1. The maximum atomic E-state index is 9.99. The van der Waals surface area contributed by atoms with E-state index in [1.165, 1.54) is 5.56 Å². The maximum Gasteiger partial charge on any atom is 0.124 e. The third kappa shape index (κ3) is 3.22. The molecule has 1 aromatic rings. The Kier molecular flexibility index (Phi) is 5.29. The summed E-state index contributed by atoms with van der Waals surface area (Å²) in [6.07, 6.45) is 1.53. The quantitative estimate of drug-likeness (QED) is 0.777. The summed E-state index contributed by atoms with van der Waals surface area (Å²) in [5.74, 6) is 0.711. The van der Waals surface area contributed by atoms with Crippen LogP contribution in [0.3, 0.4) is 0 Å². The molecule has 0 saturated heterocycles. The van der Waals surface area contributed by atoms with Crippen molar-refractivity contribution in [3.8, 4) is 5.75 Å². The van der Waals surface area contributed by atoms with Crippen LogP contribution < -0.4 is 4.74 Å². The molecule has 1 rings (SSSR count). The van der Waals surface area contributed by atoms with Crippen molar-refractivity contribution < 1.29 is 14.9 Å². The number of methoxy groups -OCH3 is 1. The highest BCUT2D eigenvalue weighted by Gasteiger charge is 2.13. The molecule has 0 bridgehead atoms. The van der Waals surface area contributed by atoms with Gasteiger partial charge in [-0.25, -0.2) is 0 Å². The van der Waals surface area contributed by atoms with E-state index in [4.69, 9.17) is 9.84 Å². The number of rotatable bonds is 6. The number of aliphatic hydroxyl groups is 2. The molecule has 3 nitrogen and oxygen atoms in total. The molecule has 1 aromatic carbocycles. The zero-order chi connectivity index (χ0) is 12.0. The Balaban J connectivity index is 2.89. The van der Waals surface area contributed by atoms with Crippen LogP contribution in [-0.2, 0) is 6.42 Å². The number of aliphatic hydroxyl groups excluding tert-OH is 2. The number of benzene rings is 1. The number of ether oxygens (including phenoxy) is 1. The molecule has 0 amide bonds. The van der Waals surface area contributed by atoms with E-state index in [9.17, 15) is 5.11 Å². The molecule has 16 heavy (non-hydrogen) atoms. The molecule has 0 fully saturated rings. The van der Waals surface area contributed by atoms with Gasteiger partial charge in [0.2, 0.25) is 0 Å². The second-order valence-corrected chi connectivity index (χ2v) is 3.81. The van der Waals surface area contributed by atoms with E-state index >= 15 is 0 Å². The first kappa shape index (κ1) is 13.0. The van der Waals surface area contributed by atoms with Crippen molar-refractivity contribution in [2.24, 2.45) is 0 Å². The van der Waals surface area contributed by atoms with Gasteiger partial charge in [0.25, 0.3) is 0 Å². The van der Waals surface area contributed by atoms with E-state index < -0.39 is 6.10 Å². The molecule has 0 aliphatic rings. The predicted octanol–water partition coefficient (Wildman–Crippen LogP) is 2.06. The van der Waals surface area contributed by atoms with Gasteiger partial charge < -0.3 is 14.9 Å². The smallest absolute Gasteiger partial charge is 0.124 e. The van der Waals surface area contributed by atoms with Crippen molar-refractivity contribution in [2.45, 2.75) is 32.3 Å². The highest BCUT2D eigenvalue weighted by Crippen LogP contribution is 2.29. The molecule has 0 aromatic heterocycles. The van der Waals surface area contributed by atoms with E-state index in [1.807, 2.05) is 18.2 Å². The standard InChI is InChI=1S/C13H20O3/c1-3-10-6-7-13(16-2)11(9-10)12(15)5-4-8-14/h6-7,9,12,14-15H,3-5,8H2,1-2H3. The van der Waals surface area contributed by atoms with Crippen LogP contribution >= 0.6 is 0 Å². The van der Waals surface area contributed by atoms with Gasteiger partial charge in [-0.15, -0.1) is 0 Å². The molecule has 1 atom stereocenters. The Morgan fingerprint density at radius 2 is 2.12 bits per heavy atom. The lowest BCUT2D eigenvalue weighted by Gasteiger charge is -2.15. The molecule has 0 spiro atoms. The topological polar surface area (TPSA) is 49.7 Å². The van der Waals surface area contributed by atoms with Gasteiger partial charge in [-0.1, -0.05) is 13.0 Å². The van der Waals surface area contributed by atoms with Crippen LogP contribution in [0.4, 0.5) is 0 Å². The minimum absolute atomic E-state index is 0.104. The first-order chi connectivity index (χ1) is 7.72. The highest BCUT2D eigenvalue weighted by atomic mass is 16.5. The summed E-state index contributed by atoms with van der Waals surface area (Å²) in [5, 5.41) is 18.7. The third-order valence-corrected chi connectivity index (χ3v) is 2.70. The van der Waals surface area contributed by atoms with Crippen molar-refractivity contribution in [1.82, 2.24) is 0 Å². The van der Waals surface area contributed by atoms with Crippen molar-refractivity contribution in [3.05, 3.63) is 29.3 Å². The molecule has 0 aliphatic carbocycles. The van der Waals surface area contributed by atoms with Crippen molar-refractivity contribution in [3.63, 3.8) is 0 Å². The molecule has 0 heterocycles. The van der Waals surface area contributed by atoms with Crippen LogP contribution in [0.2, 0.25) is 0 Å². The third-order valence-electron chi connectivity index (χ3n) is 2.70. The van der Waals surface area contributed by atoms with Gasteiger partial charge in [0.1, 0.15) is 5.75 Å². The summed E-state index contributed by atoms with van der Waals surface area (Å²) >= 11 is 0. The summed E-state index contributed by atoms with van der Waals surface area (Å²) in [6.45, 7) is 2.18. The van der Waals surface area contributed by atoms with Gasteiger partial charge in [0.15, 0.2) is 0 Å². The monoisotopic (exact) mass is 224 g/mol. The molecule has 2 N–H and O–H groups in total. The zero-order valence-corrected chi connectivity index (χ0v) is 9.94. The van der Waals surface area contributed by atoms with E-state index in [0.717, 1.165) is 12.0 Å². The van der Waals surface area contributed by atoms with E-state index in [0.29, 0.717) is 18.6 Å². The normalized spacial score (nSPS) is 12.5. The predicted molar refractivity (Wildman–Crippen MR) is 63.7 cm³/mol. The minimum atomic E-state index is -0.561. The average Bonchev–Trinajstić information content (AvgIpc) is 2.35. The Morgan fingerprint density at radius 3 is 2.69 bits per heavy atom. The summed E-state index contributed by atoms with van der Waals surface area (Å²) < 4.78 is 5.22. The van der Waals surface area contributed by atoms with Crippen LogP contribution in [0.25, 0.3) is 0 Å². The summed E-state index contributed by atoms with van der Waals surface area (Å²) in [4.78, 5) is 0. The Morgan fingerprint density at radius 1 is 1.38 bits per heavy atom. The maximum absolute atomic E-state index is 9.99. The fraction of sp³-hybridized carbons (Fsp3) is 0.538. The first-order valence-electron chi connectivity index (χ1n) is 5.68. The number of hydrogen-bond acceptors (Lipinski definition) is 3. The Labute approximate surface area is 96.7 Å². The van der Waals surface area contributed by atoms with Crippen LogP contribution in [0, 0.1) is 0 Å². The first-order valence-corrected chi connectivity index (χ1v) is 5.68. The van der Waals surface area contributed by atoms with Gasteiger partial charge in [0.05, 0.1) is 13.2 Å². The molecule has 1 unspecified atom stereocenters. The van der Waals surface area contributed by atoms with Crippen LogP contribution in [0.1, 0.15) is 37.0 Å². The summed E-state index contributed by atoms with van der Waals surface area (Å²) in [7, 11) is 1.60. The number of hydrogen-bond donors (Lipinski definition) is 2. The van der Waals surface area contributed by atoms with Crippen molar-refractivity contribution >= 4 is 0 Å². The minimum Gasteiger partial charge on any atom is -0.496 e. The largest absolute Gasteiger partial charge is 0.496 e. The highest BCUT2D eigenvalue weighted by molar-refractivity contribution is 5.38. The van der Waals surface area contributed by atoms with Crippen LogP contribution in [0.5, 0.6) is 5.75 Å². The fourth-order valence-corrected chi connectivity index (χ4v) is 1.70. The lowest BCUT2D eigenvalue weighted by molar-refractivity contribution is 0.148. The van der Waals surface area contributed by atoms with Crippen LogP contribution in [0.15, 0.2) is 18.2 Å². The Bertz CT molecular complexity index is 323. The molecule has 0 radical (unpaired) electrons.